The molecule has 3 rings (SSSR count). The van der Waals surface area contributed by atoms with Crippen molar-refractivity contribution in [1.82, 2.24) is 5.32 Å². The van der Waals surface area contributed by atoms with Gasteiger partial charge in [-0.1, -0.05) is 23.7 Å². The first-order valence-corrected chi connectivity index (χ1v) is 8.49. The van der Waals surface area contributed by atoms with Crippen molar-refractivity contribution in [3.8, 4) is 5.75 Å². The molecular weight excluding hydrogens is 340 g/mol. The lowest BCUT2D eigenvalue weighted by atomic mass is 10.0. The lowest BCUT2D eigenvalue weighted by Gasteiger charge is -2.18. The van der Waals surface area contributed by atoms with Gasteiger partial charge in [0.25, 0.3) is 5.91 Å². The van der Waals surface area contributed by atoms with Gasteiger partial charge in [-0.05, 0) is 54.8 Å². The van der Waals surface area contributed by atoms with Crippen LogP contribution in [0, 0.1) is 0 Å². The van der Waals surface area contributed by atoms with Gasteiger partial charge in [0.2, 0.25) is 5.91 Å². The lowest BCUT2D eigenvalue weighted by molar-refractivity contribution is -0.123. The van der Waals surface area contributed by atoms with Crippen LogP contribution in [0.1, 0.15) is 30.5 Å². The van der Waals surface area contributed by atoms with E-state index in [0.29, 0.717) is 23.6 Å². The van der Waals surface area contributed by atoms with Crippen molar-refractivity contribution in [2.45, 2.75) is 25.8 Å². The zero-order chi connectivity index (χ0) is 17.8. The number of ether oxygens (including phenoxy) is 1. The molecule has 6 heteroatoms. The molecule has 2 amide bonds. The van der Waals surface area contributed by atoms with Crippen LogP contribution in [0.4, 0.5) is 5.69 Å². The van der Waals surface area contributed by atoms with Gasteiger partial charge in [-0.25, -0.2) is 0 Å². The zero-order valence-electron chi connectivity index (χ0n) is 13.8. The second-order valence-electron chi connectivity index (χ2n) is 6.00. The molecule has 2 aromatic rings. The second-order valence-corrected chi connectivity index (χ2v) is 6.43. The van der Waals surface area contributed by atoms with Crippen molar-refractivity contribution >= 4 is 29.1 Å². The number of amides is 2. The quantitative estimate of drug-likeness (QED) is 0.859. The number of carbonyl (C=O) groups excluding carboxylic acids is 2. The van der Waals surface area contributed by atoms with Crippen LogP contribution in [-0.2, 0) is 16.0 Å². The minimum Gasteiger partial charge on any atom is -0.484 e. The molecule has 1 aliphatic heterocycles. The molecule has 2 aromatic carbocycles. The third-order valence-electron chi connectivity index (χ3n) is 4.09. The SMILES string of the molecule is CC(NC(=O)COc1ccc2c(c1)CCC(=O)N2)c1ccc(Cl)cc1. The number of benzene rings is 2. The minimum absolute atomic E-state index is 0.0248. The van der Waals surface area contributed by atoms with E-state index in [-0.39, 0.29) is 24.5 Å². The minimum atomic E-state index is -0.200. The van der Waals surface area contributed by atoms with Gasteiger partial charge < -0.3 is 15.4 Å². The average Bonchev–Trinajstić information content (AvgIpc) is 2.60. The Balaban J connectivity index is 1.54. The largest absolute Gasteiger partial charge is 0.484 e. The monoisotopic (exact) mass is 358 g/mol. The molecule has 5 nitrogen and oxygen atoms in total. The fourth-order valence-corrected chi connectivity index (χ4v) is 2.84. The van der Waals surface area contributed by atoms with E-state index >= 15 is 0 Å². The fraction of sp³-hybridized carbons (Fsp3) is 0.263. The lowest BCUT2D eigenvalue weighted by Crippen LogP contribution is -2.31. The van der Waals surface area contributed by atoms with Crippen LogP contribution in [0.25, 0.3) is 0 Å². The summed E-state index contributed by atoms with van der Waals surface area (Å²) in [6.07, 6.45) is 1.15. The van der Waals surface area contributed by atoms with Gasteiger partial charge >= 0.3 is 0 Å². The molecule has 0 aromatic heterocycles. The summed E-state index contributed by atoms with van der Waals surface area (Å²) in [6, 6.07) is 12.6. The third kappa shape index (κ3) is 4.51. The third-order valence-corrected chi connectivity index (χ3v) is 4.34. The summed E-state index contributed by atoms with van der Waals surface area (Å²) in [6.45, 7) is 1.84. The second kappa shape index (κ2) is 7.57. The Labute approximate surface area is 151 Å². The Morgan fingerprint density at radius 1 is 1.24 bits per heavy atom. The number of rotatable bonds is 5. The molecule has 1 atom stereocenters. The van der Waals surface area contributed by atoms with Crippen LogP contribution < -0.4 is 15.4 Å². The maximum absolute atomic E-state index is 12.1. The number of halogens is 1. The molecule has 130 valence electrons. The summed E-state index contributed by atoms with van der Waals surface area (Å²) in [7, 11) is 0. The molecule has 1 unspecified atom stereocenters. The first-order chi connectivity index (χ1) is 12.0. The smallest absolute Gasteiger partial charge is 0.258 e. The summed E-state index contributed by atoms with van der Waals surface area (Å²) >= 11 is 5.87. The Morgan fingerprint density at radius 2 is 2.00 bits per heavy atom. The number of aryl methyl sites for hydroxylation is 1. The summed E-state index contributed by atoms with van der Waals surface area (Å²) in [5, 5.41) is 6.37. The van der Waals surface area contributed by atoms with Crippen molar-refractivity contribution in [3.63, 3.8) is 0 Å². The highest BCUT2D eigenvalue weighted by Crippen LogP contribution is 2.26. The van der Waals surface area contributed by atoms with E-state index < -0.39 is 0 Å². The number of nitrogens with one attached hydrogen (secondary N) is 2. The summed E-state index contributed by atoms with van der Waals surface area (Å²) in [4.78, 5) is 23.4. The molecule has 0 aliphatic carbocycles. The predicted molar refractivity (Wildman–Crippen MR) is 96.9 cm³/mol. The van der Waals surface area contributed by atoms with Gasteiger partial charge in [0.1, 0.15) is 5.75 Å². The average molecular weight is 359 g/mol. The Hall–Kier alpha value is -2.53. The van der Waals surface area contributed by atoms with Crippen molar-refractivity contribution in [2.75, 3.05) is 11.9 Å². The van der Waals surface area contributed by atoms with Crippen molar-refractivity contribution < 1.29 is 14.3 Å². The van der Waals surface area contributed by atoms with E-state index in [1.807, 2.05) is 25.1 Å². The molecule has 1 heterocycles. The Kier molecular flexibility index (Phi) is 5.24. The van der Waals surface area contributed by atoms with Crippen LogP contribution in [0.15, 0.2) is 42.5 Å². The first-order valence-electron chi connectivity index (χ1n) is 8.11. The maximum atomic E-state index is 12.1. The molecular formula is C19H19ClN2O3. The van der Waals surface area contributed by atoms with E-state index in [1.54, 1.807) is 24.3 Å². The van der Waals surface area contributed by atoms with Gasteiger partial charge in [-0.2, -0.15) is 0 Å². The highest BCUT2D eigenvalue weighted by Gasteiger charge is 2.15. The van der Waals surface area contributed by atoms with E-state index in [4.69, 9.17) is 16.3 Å². The molecule has 0 spiro atoms. The molecule has 0 radical (unpaired) electrons. The highest BCUT2D eigenvalue weighted by molar-refractivity contribution is 6.30. The normalized spacial score (nSPS) is 14.2. The molecule has 0 fully saturated rings. The van der Waals surface area contributed by atoms with Crippen LogP contribution in [0.2, 0.25) is 5.02 Å². The van der Waals surface area contributed by atoms with Crippen LogP contribution >= 0.6 is 11.6 Å². The first kappa shape index (κ1) is 17.3. The highest BCUT2D eigenvalue weighted by atomic mass is 35.5. The van der Waals surface area contributed by atoms with Gasteiger partial charge in [-0.3, -0.25) is 9.59 Å². The van der Waals surface area contributed by atoms with Gasteiger partial charge in [0, 0.05) is 17.1 Å². The van der Waals surface area contributed by atoms with Crippen LogP contribution in [-0.4, -0.2) is 18.4 Å². The van der Waals surface area contributed by atoms with Crippen molar-refractivity contribution in [3.05, 3.63) is 58.6 Å². The molecule has 25 heavy (non-hydrogen) atoms. The summed E-state index contributed by atoms with van der Waals surface area (Å²) in [5.41, 5.74) is 2.80. The molecule has 1 aliphatic rings. The predicted octanol–water partition coefficient (Wildman–Crippen LogP) is 3.48. The number of fused-ring (bicyclic) bond motifs is 1. The van der Waals surface area contributed by atoms with E-state index in [9.17, 15) is 9.59 Å². The fourth-order valence-electron chi connectivity index (χ4n) is 2.72. The molecule has 2 N–H and O–H groups in total. The van der Waals surface area contributed by atoms with E-state index in [0.717, 1.165) is 16.8 Å². The van der Waals surface area contributed by atoms with Crippen LogP contribution in [0.3, 0.4) is 0 Å². The van der Waals surface area contributed by atoms with Crippen LogP contribution in [0.5, 0.6) is 5.75 Å². The van der Waals surface area contributed by atoms with E-state index in [1.165, 1.54) is 0 Å². The molecule has 0 saturated heterocycles. The van der Waals surface area contributed by atoms with Gasteiger partial charge in [0.05, 0.1) is 6.04 Å². The summed E-state index contributed by atoms with van der Waals surface area (Å²) in [5.74, 6) is 0.439. The number of hydrogen-bond donors (Lipinski definition) is 2. The maximum Gasteiger partial charge on any atom is 0.258 e. The molecule has 0 saturated carbocycles. The van der Waals surface area contributed by atoms with Gasteiger partial charge in [0.15, 0.2) is 6.61 Å². The molecule has 0 bridgehead atoms. The standard InChI is InChI=1S/C19H19ClN2O3/c1-12(13-2-5-15(20)6-3-13)21-19(24)11-25-16-7-8-17-14(10-16)4-9-18(23)22-17/h2-3,5-8,10,12H,4,9,11H2,1H3,(H,21,24)(H,22,23). The van der Waals surface area contributed by atoms with Crippen molar-refractivity contribution in [2.24, 2.45) is 0 Å². The zero-order valence-corrected chi connectivity index (χ0v) is 14.6. The van der Waals surface area contributed by atoms with Crippen molar-refractivity contribution in [1.29, 1.82) is 0 Å². The Bertz CT molecular complexity index is 790. The topological polar surface area (TPSA) is 67.4 Å². The number of hydrogen-bond acceptors (Lipinski definition) is 3. The summed E-state index contributed by atoms with van der Waals surface area (Å²) < 4.78 is 5.57. The van der Waals surface area contributed by atoms with Gasteiger partial charge in [-0.15, -0.1) is 0 Å². The Morgan fingerprint density at radius 3 is 2.76 bits per heavy atom. The number of carbonyl (C=O) groups is 2. The number of anilines is 1. The van der Waals surface area contributed by atoms with E-state index in [2.05, 4.69) is 10.6 Å².